The standard InChI is InChI=1S/C11H17N/c1-8(6-11(2,3)4)10-5-9(10)7-12/h6,9-10H,5H2,1-4H3. The van der Waals surface area contributed by atoms with Gasteiger partial charge in [-0.1, -0.05) is 32.4 Å². The number of rotatable bonds is 1. The molecule has 0 spiro atoms. The minimum Gasteiger partial charge on any atom is -0.198 e. The van der Waals surface area contributed by atoms with Crippen molar-refractivity contribution in [3.63, 3.8) is 0 Å². The van der Waals surface area contributed by atoms with Gasteiger partial charge in [-0.15, -0.1) is 0 Å². The Balaban J connectivity index is 2.57. The number of hydrogen-bond donors (Lipinski definition) is 0. The fourth-order valence-corrected chi connectivity index (χ4v) is 1.63. The normalized spacial score (nSPS) is 29.8. The molecule has 0 amide bonds. The molecule has 0 aromatic rings. The highest BCUT2D eigenvalue weighted by molar-refractivity contribution is 5.20. The molecule has 0 aliphatic heterocycles. The summed E-state index contributed by atoms with van der Waals surface area (Å²) in [6, 6.07) is 2.31. The van der Waals surface area contributed by atoms with E-state index in [1.54, 1.807) is 0 Å². The first kappa shape index (κ1) is 9.32. The highest BCUT2D eigenvalue weighted by Crippen LogP contribution is 2.44. The van der Waals surface area contributed by atoms with Gasteiger partial charge < -0.3 is 0 Å². The van der Waals surface area contributed by atoms with Crippen LogP contribution in [0.15, 0.2) is 11.6 Å². The van der Waals surface area contributed by atoms with Crippen molar-refractivity contribution in [3.05, 3.63) is 11.6 Å². The molecule has 0 N–H and O–H groups in total. The van der Waals surface area contributed by atoms with Crippen LogP contribution in [0.3, 0.4) is 0 Å². The van der Waals surface area contributed by atoms with Gasteiger partial charge in [0.1, 0.15) is 0 Å². The molecule has 1 aliphatic rings. The Kier molecular flexibility index (Phi) is 2.28. The number of hydrogen-bond acceptors (Lipinski definition) is 1. The molecule has 1 aliphatic carbocycles. The van der Waals surface area contributed by atoms with E-state index in [0.717, 1.165) is 6.42 Å². The smallest absolute Gasteiger partial charge is 0.0662 e. The Bertz CT molecular complexity index is 237. The minimum absolute atomic E-state index is 0.257. The average molecular weight is 163 g/mol. The summed E-state index contributed by atoms with van der Waals surface area (Å²) in [5, 5.41) is 8.65. The van der Waals surface area contributed by atoms with E-state index in [-0.39, 0.29) is 5.41 Å². The van der Waals surface area contributed by atoms with Gasteiger partial charge in [-0.25, -0.2) is 0 Å². The molecule has 1 rings (SSSR count). The minimum atomic E-state index is 0.257. The Morgan fingerprint density at radius 1 is 1.50 bits per heavy atom. The molecule has 2 unspecified atom stereocenters. The molecular weight excluding hydrogens is 146 g/mol. The maximum atomic E-state index is 8.65. The molecule has 0 aromatic carbocycles. The highest BCUT2D eigenvalue weighted by atomic mass is 14.4. The Labute approximate surface area is 75.1 Å². The van der Waals surface area contributed by atoms with E-state index < -0.39 is 0 Å². The lowest BCUT2D eigenvalue weighted by Gasteiger charge is -2.13. The first-order valence-corrected chi connectivity index (χ1v) is 4.53. The van der Waals surface area contributed by atoms with E-state index in [4.69, 9.17) is 5.26 Å². The van der Waals surface area contributed by atoms with E-state index in [0.29, 0.717) is 11.8 Å². The summed E-state index contributed by atoms with van der Waals surface area (Å²) >= 11 is 0. The van der Waals surface area contributed by atoms with Gasteiger partial charge >= 0.3 is 0 Å². The first-order valence-electron chi connectivity index (χ1n) is 4.53. The van der Waals surface area contributed by atoms with Crippen molar-refractivity contribution in [2.75, 3.05) is 0 Å². The molecule has 1 saturated carbocycles. The molecule has 0 radical (unpaired) electrons. The zero-order chi connectivity index (χ0) is 9.35. The lowest BCUT2D eigenvalue weighted by molar-refractivity contribution is 0.536. The third-order valence-electron chi connectivity index (χ3n) is 2.20. The molecule has 2 atom stereocenters. The van der Waals surface area contributed by atoms with Crippen LogP contribution in [-0.4, -0.2) is 0 Å². The summed E-state index contributed by atoms with van der Waals surface area (Å²) in [7, 11) is 0. The van der Waals surface area contributed by atoms with Gasteiger partial charge in [-0.05, 0) is 24.7 Å². The molecule has 1 nitrogen and oxygen atoms in total. The van der Waals surface area contributed by atoms with Crippen molar-refractivity contribution >= 4 is 0 Å². The van der Waals surface area contributed by atoms with Crippen LogP contribution >= 0.6 is 0 Å². The highest BCUT2D eigenvalue weighted by Gasteiger charge is 2.38. The maximum Gasteiger partial charge on any atom is 0.0662 e. The molecule has 66 valence electrons. The van der Waals surface area contributed by atoms with Crippen LogP contribution in [0.4, 0.5) is 0 Å². The van der Waals surface area contributed by atoms with Gasteiger partial charge in [-0.2, -0.15) is 5.26 Å². The van der Waals surface area contributed by atoms with Crippen molar-refractivity contribution in [3.8, 4) is 6.07 Å². The Morgan fingerprint density at radius 3 is 2.42 bits per heavy atom. The molecule has 0 bridgehead atoms. The third kappa shape index (κ3) is 2.37. The van der Waals surface area contributed by atoms with Gasteiger partial charge in [0.15, 0.2) is 0 Å². The van der Waals surface area contributed by atoms with Crippen molar-refractivity contribution in [2.45, 2.75) is 34.1 Å². The summed E-state index contributed by atoms with van der Waals surface area (Å²) in [6.45, 7) is 8.73. The number of nitrogens with zero attached hydrogens (tertiary/aromatic N) is 1. The summed E-state index contributed by atoms with van der Waals surface area (Å²) in [5.74, 6) is 0.873. The van der Waals surface area contributed by atoms with Crippen LogP contribution in [0, 0.1) is 28.6 Å². The van der Waals surface area contributed by atoms with Crippen LogP contribution in [0.5, 0.6) is 0 Å². The van der Waals surface area contributed by atoms with Gasteiger partial charge in [0.25, 0.3) is 0 Å². The van der Waals surface area contributed by atoms with E-state index in [2.05, 4.69) is 39.8 Å². The maximum absolute atomic E-state index is 8.65. The van der Waals surface area contributed by atoms with E-state index in [9.17, 15) is 0 Å². The zero-order valence-corrected chi connectivity index (χ0v) is 8.39. The zero-order valence-electron chi connectivity index (χ0n) is 8.39. The van der Waals surface area contributed by atoms with Crippen LogP contribution in [0.1, 0.15) is 34.1 Å². The van der Waals surface area contributed by atoms with Crippen LogP contribution < -0.4 is 0 Å². The topological polar surface area (TPSA) is 23.8 Å². The summed E-state index contributed by atoms with van der Waals surface area (Å²) in [5.41, 5.74) is 1.65. The van der Waals surface area contributed by atoms with Crippen LogP contribution in [0.2, 0.25) is 0 Å². The van der Waals surface area contributed by atoms with Gasteiger partial charge in [-0.3, -0.25) is 0 Å². The second kappa shape index (κ2) is 2.94. The Morgan fingerprint density at radius 2 is 2.08 bits per heavy atom. The average Bonchev–Trinajstić information content (AvgIpc) is 2.60. The lowest BCUT2D eigenvalue weighted by Crippen LogP contribution is -2.01. The summed E-state index contributed by atoms with van der Waals surface area (Å²) in [6.07, 6.45) is 3.36. The van der Waals surface area contributed by atoms with Gasteiger partial charge in [0.05, 0.1) is 12.0 Å². The van der Waals surface area contributed by atoms with Crippen molar-refractivity contribution < 1.29 is 0 Å². The molecule has 0 heterocycles. The van der Waals surface area contributed by atoms with E-state index in [1.807, 2.05) is 0 Å². The van der Waals surface area contributed by atoms with Crippen molar-refractivity contribution in [1.82, 2.24) is 0 Å². The molecule has 1 heteroatoms. The quantitative estimate of drug-likeness (QED) is 0.545. The van der Waals surface area contributed by atoms with Crippen molar-refractivity contribution in [1.29, 1.82) is 5.26 Å². The van der Waals surface area contributed by atoms with E-state index >= 15 is 0 Å². The second-order valence-corrected chi connectivity index (χ2v) is 4.83. The predicted molar refractivity (Wildman–Crippen MR) is 50.4 cm³/mol. The van der Waals surface area contributed by atoms with E-state index in [1.165, 1.54) is 5.57 Å². The fourth-order valence-electron chi connectivity index (χ4n) is 1.63. The summed E-state index contributed by atoms with van der Waals surface area (Å²) < 4.78 is 0. The fraction of sp³-hybridized carbons (Fsp3) is 0.727. The Hall–Kier alpha value is -0.770. The first-order chi connectivity index (χ1) is 5.44. The molecule has 1 fully saturated rings. The number of nitriles is 1. The molecule has 0 saturated heterocycles. The molecule has 12 heavy (non-hydrogen) atoms. The number of allylic oxidation sites excluding steroid dienone is 2. The van der Waals surface area contributed by atoms with Gasteiger partial charge in [0, 0.05) is 0 Å². The third-order valence-corrected chi connectivity index (χ3v) is 2.20. The molecule has 0 aromatic heterocycles. The van der Waals surface area contributed by atoms with Crippen LogP contribution in [-0.2, 0) is 0 Å². The monoisotopic (exact) mass is 163 g/mol. The summed E-state index contributed by atoms with van der Waals surface area (Å²) in [4.78, 5) is 0. The lowest BCUT2D eigenvalue weighted by atomic mass is 9.92. The second-order valence-electron chi connectivity index (χ2n) is 4.83. The van der Waals surface area contributed by atoms with Gasteiger partial charge in [0.2, 0.25) is 0 Å². The largest absolute Gasteiger partial charge is 0.198 e. The van der Waals surface area contributed by atoms with Crippen LogP contribution in [0.25, 0.3) is 0 Å². The van der Waals surface area contributed by atoms with Crippen molar-refractivity contribution in [2.24, 2.45) is 17.3 Å². The SMILES string of the molecule is CC(=CC(C)(C)C)C1CC1C#N. The molecular formula is C11H17N. The predicted octanol–water partition coefficient (Wildman–Crippen LogP) is 3.14.